The lowest BCUT2D eigenvalue weighted by atomic mass is 10.3. The topological polar surface area (TPSA) is 24.9 Å². The van der Waals surface area contributed by atoms with Crippen LogP contribution in [0.25, 0.3) is 0 Å². The van der Waals surface area contributed by atoms with E-state index in [0.29, 0.717) is 0 Å². The Labute approximate surface area is 111 Å². The van der Waals surface area contributed by atoms with E-state index in [1.807, 2.05) is 30.1 Å². The van der Waals surface area contributed by atoms with E-state index in [4.69, 9.17) is 0 Å². The number of thioether (sulfide) groups is 1. The summed E-state index contributed by atoms with van der Waals surface area (Å²) in [6.45, 7) is 4.47. The summed E-state index contributed by atoms with van der Waals surface area (Å²) in [4.78, 5) is 4.33. The molecular weight excluding hydrogens is 284 g/mol. The first-order valence-corrected chi connectivity index (χ1v) is 7.56. The standard InChI is InChI=1S/C12H19BrN2S/c1-2-7-14-8-3-4-10-16-12-11(13)6-5-9-15-12/h5-6,9,14H,2-4,7-8,10H2,1H3. The normalized spacial score (nSPS) is 10.6. The third-order valence-corrected chi connectivity index (χ3v) is 4.13. The van der Waals surface area contributed by atoms with E-state index in [9.17, 15) is 0 Å². The van der Waals surface area contributed by atoms with Gasteiger partial charge in [0.05, 0.1) is 0 Å². The van der Waals surface area contributed by atoms with Crippen LogP contribution in [0.3, 0.4) is 0 Å². The van der Waals surface area contributed by atoms with E-state index >= 15 is 0 Å². The summed E-state index contributed by atoms with van der Waals surface area (Å²) in [5.41, 5.74) is 0. The molecule has 0 saturated carbocycles. The third kappa shape index (κ3) is 5.87. The molecule has 1 aromatic rings. The maximum Gasteiger partial charge on any atom is 0.110 e. The number of rotatable bonds is 8. The molecule has 0 unspecified atom stereocenters. The minimum absolute atomic E-state index is 1.10. The largest absolute Gasteiger partial charge is 0.317 e. The van der Waals surface area contributed by atoms with Gasteiger partial charge in [-0.25, -0.2) is 4.98 Å². The van der Waals surface area contributed by atoms with E-state index < -0.39 is 0 Å². The van der Waals surface area contributed by atoms with Crippen LogP contribution in [-0.2, 0) is 0 Å². The first-order chi connectivity index (χ1) is 7.84. The second-order valence-corrected chi connectivity index (χ2v) is 5.53. The highest BCUT2D eigenvalue weighted by atomic mass is 79.9. The number of unbranched alkanes of at least 4 members (excludes halogenated alkanes) is 1. The molecule has 0 aliphatic rings. The van der Waals surface area contributed by atoms with Crippen molar-refractivity contribution in [3.63, 3.8) is 0 Å². The fourth-order valence-electron chi connectivity index (χ4n) is 1.30. The number of hydrogen-bond donors (Lipinski definition) is 1. The highest BCUT2D eigenvalue weighted by Crippen LogP contribution is 2.25. The summed E-state index contributed by atoms with van der Waals surface area (Å²) in [6.07, 6.45) is 5.55. The van der Waals surface area contributed by atoms with Crippen molar-refractivity contribution in [3.05, 3.63) is 22.8 Å². The van der Waals surface area contributed by atoms with Crippen molar-refractivity contribution in [2.45, 2.75) is 31.2 Å². The lowest BCUT2D eigenvalue weighted by Crippen LogP contribution is -2.15. The van der Waals surface area contributed by atoms with Gasteiger partial charge in [0.2, 0.25) is 0 Å². The van der Waals surface area contributed by atoms with Crippen molar-refractivity contribution in [1.29, 1.82) is 0 Å². The monoisotopic (exact) mass is 302 g/mol. The van der Waals surface area contributed by atoms with Crippen LogP contribution in [0.4, 0.5) is 0 Å². The van der Waals surface area contributed by atoms with Gasteiger partial charge in [-0.15, -0.1) is 11.8 Å². The van der Waals surface area contributed by atoms with Gasteiger partial charge in [-0.2, -0.15) is 0 Å². The van der Waals surface area contributed by atoms with Gasteiger partial charge in [-0.1, -0.05) is 6.92 Å². The molecule has 0 saturated heterocycles. The van der Waals surface area contributed by atoms with Gasteiger partial charge in [0.1, 0.15) is 5.03 Å². The summed E-state index contributed by atoms with van der Waals surface area (Å²) in [6, 6.07) is 3.99. The number of aromatic nitrogens is 1. The van der Waals surface area contributed by atoms with Gasteiger partial charge < -0.3 is 5.32 Å². The average molecular weight is 303 g/mol. The zero-order chi connectivity index (χ0) is 11.6. The third-order valence-electron chi connectivity index (χ3n) is 2.14. The van der Waals surface area contributed by atoms with Crippen molar-refractivity contribution in [1.82, 2.24) is 10.3 Å². The smallest absolute Gasteiger partial charge is 0.110 e. The molecule has 0 aromatic carbocycles. The SMILES string of the molecule is CCCNCCCCSc1ncccc1Br. The fraction of sp³-hybridized carbons (Fsp3) is 0.583. The van der Waals surface area contributed by atoms with E-state index in [1.54, 1.807) is 0 Å². The summed E-state index contributed by atoms with van der Waals surface area (Å²) >= 11 is 5.33. The minimum atomic E-state index is 1.10. The molecule has 0 atom stereocenters. The molecular formula is C12H19BrN2S. The molecule has 0 aliphatic carbocycles. The van der Waals surface area contributed by atoms with Crippen LogP contribution in [0.5, 0.6) is 0 Å². The Morgan fingerprint density at radius 3 is 3.00 bits per heavy atom. The summed E-state index contributed by atoms with van der Waals surface area (Å²) in [5.74, 6) is 1.14. The van der Waals surface area contributed by atoms with Crippen molar-refractivity contribution in [3.8, 4) is 0 Å². The molecule has 1 heterocycles. The lowest BCUT2D eigenvalue weighted by Gasteiger charge is -2.04. The molecule has 0 fully saturated rings. The molecule has 4 heteroatoms. The zero-order valence-electron chi connectivity index (χ0n) is 9.71. The molecule has 16 heavy (non-hydrogen) atoms. The van der Waals surface area contributed by atoms with Gasteiger partial charge >= 0.3 is 0 Å². The van der Waals surface area contributed by atoms with Crippen LogP contribution >= 0.6 is 27.7 Å². The fourth-order valence-corrected chi connectivity index (χ4v) is 2.78. The van der Waals surface area contributed by atoms with E-state index in [0.717, 1.165) is 28.3 Å². The number of nitrogens with zero attached hydrogens (tertiary/aromatic N) is 1. The van der Waals surface area contributed by atoms with E-state index in [2.05, 4.69) is 33.2 Å². The molecule has 1 rings (SSSR count). The Morgan fingerprint density at radius 2 is 2.25 bits per heavy atom. The summed E-state index contributed by atoms with van der Waals surface area (Å²) < 4.78 is 1.10. The summed E-state index contributed by atoms with van der Waals surface area (Å²) in [7, 11) is 0. The van der Waals surface area contributed by atoms with Gasteiger partial charge in [0, 0.05) is 10.7 Å². The van der Waals surface area contributed by atoms with Crippen molar-refractivity contribution in [2.24, 2.45) is 0 Å². The van der Waals surface area contributed by atoms with Crippen molar-refractivity contribution < 1.29 is 0 Å². The lowest BCUT2D eigenvalue weighted by molar-refractivity contribution is 0.635. The second kappa shape index (κ2) is 9.02. The predicted octanol–water partition coefficient (Wildman–Crippen LogP) is 3.72. The van der Waals surface area contributed by atoms with Crippen LogP contribution < -0.4 is 5.32 Å². The summed E-state index contributed by atoms with van der Waals surface area (Å²) in [5, 5.41) is 4.51. The van der Waals surface area contributed by atoms with Crippen LogP contribution in [0.15, 0.2) is 27.8 Å². The van der Waals surface area contributed by atoms with Crippen LogP contribution in [0, 0.1) is 0 Å². The van der Waals surface area contributed by atoms with E-state index in [-0.39, 0.29) is 0 Å². The Bertz CT molecular complexity index is 294. The molecule has 0 aliphatic heterocycles. The average Bonchev–Trinajstić information content (AvgIpc) is 2.30. The molecule has 1 N–H and O–H groups in total. The van der Waals surface area contributed by atoms with Gasteiger partial charge in [0.15, 0.2) is 0 Å². The Morgan fingerprint density at radius 1 is 1.38 bits per heavy atom. The first kappa shape index (κ1) is 14.0. The van der Waals surface area contributed by atoms with Crippen molar-refractivity contribution >= 4 is 27.7 Å². The second-order valence-electron chi connectivity index (χ2n) is 3.60. The molecule has 0 radical (unpaired) electrons. The Hall–Kier alpha value is -0.0600. The molecule has 2 nitrogen and oxygen atoms in total. The van der Waals surface area contributed by atoms with Gasteiger partial charge in [0.25, 0.3) is 0 Å². The first-order valence-electron chi connectivity index (χ1n) is 5.78. The van der Waals surface area contributed by atoms with Crippen LogP contribution in [-0.4, -0.2) is 23.8 Å². The van der Waals surface area contributed by atoms with Crippen LogP contribution in [0.2, 0.25) is 0 Å². The highest BCUT2D eigenvalue weighted by Gasteiger charge is 1.99. The molecule has 0 spiro atoms. The number of pyridine rings is 1. The van der Waals surface area contributed by atoms with Gasteiger partial charge in [-0.05, 0) is 66.2 Å². The number of nitrogens with one attached hydrogen (secondary N) is 1. The number of hydrogen-bond acceptors (Lipinski definition) is 3. The zero-order valence-corrected chi connectivity index (χ0v) is 12.1. The van der Waals surface area contributed by atoms with Crippen LogP contribution in [0.1, 0.15) is 26.2 Å². The highest BCUT2D eigenvalue weighted by molar-refractivity contribution is 9.10. The maximum absolute atomic E-state index is 4.33. The number of halogens is 1. The van der Waals surface area contributed by atoms with E-state index in [1.165, 1.54) is 19.3 Å². The van der Waals surface area contributed by atoms with Gasteiger partial charge in [-0.3, -0.25) is 0 Å². The quantitative estimate of drug-likeness (QED) is 0.585. The molecule has 90 valence electrons. The minimum Gasteiger partial charge on any atom is -0.317 e. The predicted molar refractivity (Wildman–Crippen MR) is 75.1 cm³/mol. The molecule has 1 aromatic heterocycles. The molecule has 0 amide bonds. The van der Waals surface area contributed by atoms with Crippen molar-refractivity contribution in [2.75, 3.05) is 18.8 Å². The Kier molecular flexibility index (Phi) is 7.89. The maximum atomic E-state index is 4.33. The Balaban J connectivity index is 2.05. The molecule has 0 bridgehead atoms.